The van der Waals surface area contributed by atoms with Gasteiger partial charge in [-0.3, -0.25) is 24.1 Å². The summed E-state index contributed by atoms with van der Waals surface area (Å²) in [5, 5.41) is 9.39. The summed E-state index contributed by atoms with van der Waals surface area (Å²) in [4.78, 5) is 55.4. The second kappa shape index (κ2) is 16.3. The smallest absolute Gasteiger partial charge is 0.306 e. The molecule has 1 N–H and O–H groups in total. The fraction of sp³-hybridized carbons (Fsp3) is 0.769. The molecule has 0 bridgehead atoms. The van der Waals surface area contributed by atoms with Crippen LogP contribution in [0.4, 0.5) is 0 Å². The number of amides is 1. The number of ether oxygens (including phenoxy) is 1. The van der Waals surface area contributed by atoms with E-state index >= 15 is 0 Å². The predicted molar refractivity (Wildman–Crippen MR) is 237 cm³/mol. The molecule has 8 nitrogen and oxygen atoms in total. The van der Waals surface area contributed by atoms with Gasteiger partial charge in [0.15, 0.2) is 0 Å². The molecule has 1 saturated heterocycles. The first-order chi connectivity index (χ1) is 28.0. The number of hydrogen-bond acceptors (Lipinski definition) is 6. The Labute approximate surface area is 362 Å². The van der Waals surface area contributed by atoms with Gasteiger partial charge in [-0.15, -0.1) is 0 Å². The van der Waals surface area contributed by atoms with Gasteiger partial charge in [0, 0.05) is 51.0 Å². The van der Waals surface area contributed by atoms with Gasteiger partial charge in [-0.05, 0) is 146 Å². The van der Waals surface area contributed by atoms with Crippen LogP contribution in [0.1, 0.15) is 157 Å². The van der Waals surface area contributed by atoms with Crippen molar-refractivity contribution in [2.45, 2.75) is 165 Å². The number of piperazine rings is 1. The van der Waals surface area contributed by atoms with Crippen LogP contribution >= 0.6 is 0 Å². The summed E-state index contributed by atoms with van der Waals surface area (Å²) in [6.07, 6.45) is 12.3. The number of carboxylic acids is 1. The van der Waals surface area contributed by atoms with E-state index in [1.165, 1.54) is 36.8 Å². The van der Waals surface area contributed by atoms with Crippen LogP contribution in [-0.4, -0.2) is 70.8 Å². The fourth-order valence-electron chi connectivity index (χ4n) is 15.7. The minimum Gasteiger partial charge on any atom is -0.481 e. The average Bonchev–Trinajstić information content (AvgIpc) is 3.53. The van der Waals surface area contributed by atoms with Crippen molar-refractivity contribution in [2.24, 2.45) is 62.1 Å². The van der Waals surface area contributed by atoms with Crippen LogP contribution in [0, 0.1) is 62.1 Å². The first-order valence-electron chi connectivity index (χ1n) is 23.7. The highest BCUT2D eigenvalue weighted by molar-refractivity contribution is 5.78. The van der Waals surface area contributed by atoms with Crippen molar-refractivity contribution in [3.8, 4) is 0 Å². The van der Waals surface area contributed by atoms with Crippen LogP contribution in [0.3, 0.4) is 0 Å². The molecule has 5 aliphatic carbocycles. The third-order valence-electron chi connectivity index (χ3n) is 18.8. The monoisotopic (exact) mass is 827 g/mol. The Hall–Kier alpha value is -3.00. The van der Waals surface area contributed by atoms with Crippen molar-refractivity contribution in [3.05, 3.63) is 47.5 Å². The molecule has 0 spiro atoms. The van der Waals surface area contributed by atoms with E-state index in [0.29, 0.717) is 48.3 Å². The van der Waals surface area contributed by atoms with Gasteiger partial charge in [-0.1, -0.05) is 84.9 Å². The SMILES string of the molecule is C=C(C)[C@@H]1CC[C@]2(CC(=O)N3CCN(Cc4ccc(CC(C)=O)cc4)CC3)CC[C@]3(C)[C@H](CC[C@@H]4[C@@]5(C)CC[C@H](OC(=O)CC(C)(C)CC(=O)O)C(C)(C)[C@@H]5CC[C@]43C)[C@@H]12. The molecule has 6 fully saturated rings. The molecule has 0 radical (unpaired) electrons. The van der Waals surface area contributed by atoms with Gasteiger partial charge < -0.3 is 14.7 Å². The zero-order valence-electron chi connectivity index (χ0n) is 38.8. The Kier molecular flexibility index (Phi) is 12.2. The molecule has 332 valence electrons. The highest BCUT2D eigenvalue weighted by Gasteiger charge is 2.71. The zero-order chi connectivity index (χ0) is 43.6. The topological polar surface area (TPSA) is 104 Å². The molecular formula is C52H78N2O6. The first-order valence-corrected chi connectivity index (χ1v) is 23.7. The maximum atomic E-state index is 14.5. The molecular weight excluding hydrogens is 749 g/mol. The van der Waals surface area contributed by atoms with Crippen molar-refractivity contribution in [2.75, 3.05) is 26.2 Å². The molecule has 1 aromatic carbocycles. The number of aliphatic carboxylic acids is 1. The lowest BCUT2D eigenvalue weighted by Gasteiger charge is -2.73. The summed E-state index contributed by atoms with van der Waals surface area (Å²) < 4.78 is 6.31. The van der Waals surface area contributed by atoms with Crippen LogP contribution in [0.15, 0.2) is 36.4 Å². The summed E-state index contributed by atoms with van der Waals surface area (Å²) in [6, 6.07) is 8.43. The van der Waals surface area contributed by atoms with E-state index < -0.39 is 11.4 Å². The van der Waals surface area contributed by atoms with Gasteiger partial charge in [0.2, 0.25) is 5.91 Å². The quantitative estimate of drug-likeness (QED) is 0.165. The molecule has 5 saturated carbocycles. The van der Waals surface area contributed by atoms with Crippen LogP contribution < -0.4 is 0 Å². The number of hydrogen-bond donors (Lipinski definition) is 1. The summed E-state index contributed by atoms with van der Waals surface area (Å²) in [7, 11) is 0. The molecule has 1 aromatic rings. The fourth-order valence-corrected chi connectivity index (χ4v) is 15.7. The molecule has 1 amide bonds. The van der Waals surface area contributed by atoms with E-state index in [4.69, 9.17) is 4.74 Å². The van der Waals surface area contributed by atoms with E-state index in [-0.39, 0.29) is 57.8 Å². The number of nitrogens with zero attached hydrogens (tertiary/aromatic N) is 2. The molecule has 1 heterocycles. The lowest BCUT2D eigenvalue weighted by atomic mass is 9.32. The maximum Gasteiger partial charge on any atom is 0.306 e. The van der Waals surface area contributed by atoms with E-state index in [9.17, 15) is 24.3 Å². The van der Waals surface area contributed by atoms with Crippen molar-refractivity contribution < 1.29 is 29.0 Å². The highest BCUT2D eigenvalue weighted by atomic mass is 16.5. The van der Waals surface area contributed by atoms with Gasteiger partial charge in [0.05, 0.1) is 12.8 Å². The summed E-state index contributed by atoms with van der Waals surface area (Å²) in [5.74, 6) is 1.95. The number of carbonyl (C=O) groups excluding carboxylic acids is 3. The number of Topliss-reactive ketones (excluding diaryl/α,β-unsaturated/α-hetero) is 1. The second-order valence-electron chi connectivity index (χ2n) is 23.3. The minimum absolute atomic E-state index is 0.0386. The Balaban J connectivity index is 1.03. The third kappa shape index (κ3) is 8.07. The third-order valence-corrected chi connectivity index (χ3v) is 18.8. The lowest BCUT2D eigenvalue weighted by molar-refractivity contribution is -0.250. The molecule has 8 heteroatoms. The van der Waals surface area contributed by atoms with Crippen molar-refractivity contribution in [1.82, 2.24) is 9.80 Å². The Morgan fingerprint density at radius 3 is 2.08 bits per heavy atom. The number of ketones is 1. The van der Waals surface area contributed by atoms with Crippen molar-refractivity contribution >= 4 is 23.6 Å². The molecule has 10 atom stereocenters. The summed E-state index contributed by atoms with van der Waals surface area (Å²) in [6.45, 7) is 29.0. The maximum absolute atomic E-state index is 14.5. The van der Waals surface area contributed by atoms with Gasteiger partial charge in [0.25, 0.3) is 0 Å². The van der Waals surface area contributed by atoms with E-state index in [0.717, 1.165) is 76.8 Å². The predicted octanol–water partition coefficient (Wildman–Crippen LogP) is 10.3. The molecule has 0 aromatic heterocycles. The van der Waals surface area contributed by atoms with Gasteiger partial charge in [-0.25, -0.2) is 0 Å². The van der Waals surface area contributed by atoms with Crippen LogP contribution in [0.5, 0.6) is 0 Å². The molecule has 0 unspecified atom stereocenters. The van der Waals surface area contributed by atoms with E-state index in [1.807, 2.05) is 13.8 Å². The number of carboxylic acid groups (broad SMARTS) is 1. The van der Waals surface area contributed by atoms with E-state index in [1.54, 1.807) is 6.92 Å². The minimum atomic E-state index is -0.886. The molecule has 7 rings (SSSR count). The largest absolute Gasteiger partial charge is 0.481 e. The standard InChI is InChI=1S/C52H78N2O6/c1-34(2)38-17-22-52(30-43(56)54-27-25-53(26-28-54)33-37-13-11-36(12-14-37)29-35(3)55)24-23-50(9)39(46(38)52)15-16-41-49(8)20-19-42(48(6,7)40(49)18-21-51(41,50)10)60-45(59)32-47(4,5)31-44(57)58/h11-14,38-42,46H,1,15-33H2,2-10H3,(H,57,58)/t38-,39+,40-,41+,42-,46+,49-,50+,51+,52+/m0/s1. The molecule has 60 heavy (non-hydrogen) atoms. The second-order valence-corrected chi connectivity index (χ2v) is 23.3. The normalized spacial score (nSPS) is 37.5. The molecule has 1 aliphatic heterocycles. The number of benzene rings is 1. The number of rotatable bonds is 12. The first kappa shape index (κ1) is 45.0. The molecule has 6 aliphatic rings. The van der Waals surface area contributed by atoms with E-state index in [2.05, 4.69) is 82.2 Å². The van der Waals surface area contributed by atoms with Crippen LogP contribution in [0.25, 0.3) is 0 Å². The Bertz CT molecular complexity index is 1830. The Morgan fingerprint density at radius 1 is 0.783 bits per heavy atom. The zero-order valence-corrected chi connectivity index (χ0v) is 38.8. The summed E-state index contributed by atoms with van der Waals surface area (Å²) in [5.41, 5.74) is 3.35. The Morgan fingerprint density at radius 2 is 1.45 bits per heavy atom. The van der Waals surface area contributed by atoms with Crippen LogP contribution in [0.2, 0.25) is 0 Å². The summed E-state index contributed by atoms with van der Waals surface area (Å²) >= 11 is 0. The number of fused-ring (bicyclic) bond motifs is 7. The lowest BCUT2D eigenvalue weighted by Crippen LogP contribution is -2.67. The van der Waals surface area contributed by atoms with Crippen molar-refractivity contribution in [3.63, 3.8) is 0 Å². The average molecular weight is 827 g/mol. The number of allylic oxidation sites excluding steroid dienone is 1. The van der Waals surface area contributed by atoms with Crippen molar-refractivity contribution in [1.29, 1.82) is 0 Å². The van der Waals surface area contributed by atoms with Gasteiger partial charge in [-0.2, -0.15) is 0 Å². The van der Waals surface area contributed by atoms with Gasteiger partial charge in [0.1, 0.15) is 11.9 Å². The van der Waals surface area contributed by atoms with Gasteiger partial charge >= 0.3 is 11.9 Å². The van der Waals surface area contributed by atoms with Crippen LogP contribution in [-0.2, 0) is 36.9 Å². The number of carbonyl (C=O) groups is 4. The highest BCUT2D eigenvalue weighted by Crippen LogP contribution is 2.78. The number of esters is 1.